The monoisotopic (exact) mass is 703 g/mol. The van der Waals surface area contributed by atoms with Crippen molar-refractivity contribution in [3.05, 3.63) is 60.9 Å². The van der Waals surface area contributed by atoms with Crippen LogP contribution in [0.4, 0.5) is 0 Å². The van der Waals surface area contributed by atoms with Crippen LogP contribution in [0, 0.1) is 5.92 Å². The summed E-state index contributed by atoms with van der Waals surface area (Å²) < 4.78 is 17.5. The minimum absolute atomic E-state index is 0. The molecule has 264 valence electrons. The molecule has 0 aliphatic carbocycles. The number of aliphatic hydroxyl groups is 3. The predicted octanol–water partition coefficient (Wildman–Crippen LogP) is 3.12. The summed E-state index contributed by atoms with van der Waals surface area (Å²) in [5, 5.41) is 35.4. The third-order valence-corrected chi connectivity index (χ3v) is 11.0. The summed E-state index contributed by atoms with van der Waals surface area (Å²) in [7, 11) is 0. The van der Waals surface area contributed by atoms with Gasteiger partial charge in [0.05, 0.1) is 31.8 Å². The van der Waals surface area contributed by atoms with Crippen LogP contribution in [0.5, 0.6) is 0 Å². The second-order valence-electron chi connectivity index (χ2n) is 12.1. The number of nitrogens with one attached hydrogen (secondary N) is 1. The lowest BCUT2D eigenvalue weighted by Gasteiger charge is -2.45. The highest BCUT2D eigenvalue weighted by molar-refractivity contribution is 8.00. The van der Waals surface area contributed by atoms with Crippen molar-refractivity contribution in [1.29, 1.82) is 0 Å². The number of hydrogen-bond donors (Lipinski definition) is 4. The van der Waals surface area contributed by atoms with Crippen LogP contribution in [0.15, 0.2) is 65.8 Å². The van der Waals surface area contributed by atoms with E-state index in [9.17, 15) is 24.9 Å². The van der Waals surface area contributed by atoms with Gasteiger partial charge in [-0.25, -0.2) is 0 Å². The third-order valence-electron chi connectivity index (χ3n) is 8.98. The van der Waals surface area contributed by atoms with Gasteiger partial charge in [0.1, 0.15) is 35.9 Å². The molecule has 1 aromatic carbocycles. The molecule has 1 aromatic heterocycles. The maximum atomic E-state index is 14.4. The SMILES string of the molecule is C.CCOC(=O)CCN1C[C@@H]2CC=CCO[C@H]2[C@H]1C(=O)N[C@H]([C@H](C)Sc1ccc(-c2cccnc2)cc1)[C@H]1OC(SC)[C@H](O)[C@H](O)C1O. The first kappa shape index (κ1) is 38.3. The maximum Gasteiger partial charge on any atom is 0.307 e. The first-order chi connectivity index (χ1) is 22.7. The van der Waals surface area contributed by atoms with Crippen LogP contribution in [0.3, 0.4) is 0 Å². The molecular weight excluding hydrogens is 655 g/mol. The molecule has 4 heterocycles. The number of rotatable bonds is 12. The van der Waals surface area contributed by atoms with Gasteiger partial charge >= 0.3 is 5.97 Å². The quantitative estimate of drug-likeness (QED) is 0.146. The molecule has 3 aliphatic rings. The first-order valence-electron chi connectivity index (χ1n) is 16.1. The number of hydrogen-bond acceptors (Lipinski definition) is 12. The number of nitrogens with zero attached hydrogens (tertiary/aromatic N) is 2. The highest BCUT2D eigenvalue weighted by atomic mass is 32.2. The Labute approximate surface area is 291 Å². The molecule has 2 fully saturated rings. The lowest BCUT2D eigenvalue weighted by molar-refractivity contribution is -0.205. The normalized spacial score (nSPS) is 30.0. The van der Waals surface area contributed by atoms with Crippen LogP contribution >= 0.6 is 23.5 Å². The van der Waals surface area contributed by atoms with Gasteiger partial charge in [-0.15, -0.1) is 23.5 Å². The van der Waals surface area contributed by atoms with Gasteiger partial charge in [-0.1, -0.05) is 44.7 Å². The van der Waals surface area contributed by atoms with Gasteiger partial charge in [0.25, 0.3) is 0 Å². The smallest absolute Gasteiger partial charge is 0.307 e. The van der Waals surface area contributed by atoms with Crippen LogP contribution in [0.2, 0.25) is 0 Å². The van der Waals surface area contributed by atoms with E-state index in [0.717, 1.165) is 22.4 Å². The van der Waals surface area contributed by atoms with E-state index >= 15 is 0 Å². The third kappa shape index (κ3) is 8.99. The molecule has 2 unspecified atom stereocenters. The van der Waals surface area contributed by atoms with Crippen molar-refractivity contribution in [2.24, 2.45) is 5.92 Å². The van der Waals surface area contributed by atoms with Crippen LogP contribution in [-0.4, -0.2) is 123 Å². The van der Waals surface area contributed by atoms with Gasteiger partial charge in [0.15, 0.2) is 0 Å². The van der Waals surface area contributed by atoms with E-state index in [1.54, 1.807) is 25.6 Å². The van der Waals surface area contributed by atoms with E-state index in [0.29, 0.717) is 19.7 Å². The Balaban J connectivity index is 0.00000520. The number of ether oxygens (including phenoxy) is 3. The van der Waals surface area contributed by atoms with Gasteiger partial charge in [0, 0.05) is 41.5 Å². The summed E-state index contributed by atoms with van der Waals surface area (Å²) in [5.74, 6) is -0.583. The zero-order valence-electron chi connectivity index (χ0n) is 26.9. The maximum absolute atomic E-state index is 14.4. The second-order valence-corrected chi connectivity index (χ2v) is 14.4. The number of aromatic nitrogens is 1. The molecule has 0 saturated carbocycles. The molecule has 0 radical (unpaired) electrons. The number of amides is 1. The van der Waals surface area contributed by atoms with Gasteiger partial charge in [-0.2, -0.15) is 0 Å². The number of benzene rings is 1. The van der Waals surface area contributed by atoms with E-state index in [-0.39, 0.29) is 43.5 Å². The van der Waals surface area contributed by atoms with E-state index < -0.39 is 48.0 Å². The van der Waals surface area contributed by atoms with E-state index in [2.05, 4.69) is 16.4 Å². The Morgan fingerprint density at radius 3 is 2.56 bits per heavy atom. The molecule has 0 bridgehead atoms. The molecule has 4 N–H and O–H groups in total. The summed E-state index contributed by atoms with van der Waals surface area (Å²) in [4.78, 5) is 33.7. The molecule has 13 heteroatoms. The molecule has 10 atom stereocenters. The minimum atomic E-state index is -1.46. The number of aliphatic hydroxyl groups excluding tert-OH is 3. The van der Waals surface area contributed by atoms with Crippen molar-refractivity contribution in [3.63, 3.8) is 0 Å². The fourth-order valence-electron chi connectivity index (χ4n) is 6.57. The van der Waals surface area contributed by atoms with Crippen molar-refractivity contribution in [2.75, 3.05) is 32.6 Å². The van der Waals surface area contributed by atoms with Crippen molar-refractivity contribution in [3.8, 4) is 11.1 Å². The number of pyridine rings is 1. The standard InChI is InChI=1S/C34H45N3O8S2.CH4/c1-4-43-25(38)14-16-37-19-23-8-5-6-17-44-31(23)27(37)33(42)36-26(32-29(40)28(39)30(41)34(45-32)46-3)20(2)47-24-12-10-21(11-13-24)22-9-7-15-35-18-22;/h5-7,9-13,15,18,20,23,26-32,34,39-41H,4,8,14,16-17,19H2,1-3H3,(H,36,42);1H4/t20-,23-,26+,27-,28+,29?,30+,31+,32+,34?;/m0./s1. The Hall–Kier alpha value is -2.49. The zero-order valence-corrected chi connectivity index (χ0v) is 28.5. The highest BCUT2D eigenvalue weighted by Gasteiger charge is 2.51. The Morgan fingerprint density at radius 2 is 1.88 bits per heavy atom. The fraction of sp³-hybridized carbons (Fsp3) is 0.571. The predicted molar refractivity (Wildman–Crippen MR) is 187 cm³/mol. The number of allylic oxidation sites excluding steroid dienone is 1. The lowest BCUT2D eigenvalue weighted by atomic mass is 9.92. The number of carbonyl (C=O) groups is 2. The molecule has 1 amide bonds. The van der Waals surface area contributed by atoms with E-state index in [1.165, 1.54) is 23.5 Å². The molecule has 2 aromatic rings. The molecule has 48 heavy (non-hydrogen) atoms. The van der Waals surface area contributed by atoms with Crippen molar-refractivity contribution < 1.29 is 39.1 Å². The molecule has 5 rings (SSSR count). The second kappa shape index (κ2) is 18.0. The van der Waals surface area contributed by atoms with Crippen LogP contribution in [0.25, 0.3) is 11.1 Å². The summed E-state index contributed by atoms with van der Waals surface area (Å²) in [6.45, 7) is 5.27. The van der Waals surface area contributed by atoms with Crippen LogP contribution in [0.1, 0.15) is 34.1 Å². The largest absolute Gasteiger partial charge is 0.466 e. The van der Waals surface area contributed by atoms with Gasteiger partial charge in [-0.05, 0) is 48.9 Å². The number of esters is 1. The van der Waals surface area contributed by atoms with Crippen molar-refractivity contribution >= 4 is 35.4 Å². The Morgan fingerprint density at radius 1 is 1.10 bits per heavy atom. The summed E-state index contributed by atoms with van der Waals surface area (Å²) in [5.41, 5.74) is 1.21. The number of fused-ring (bicyclic) bond motifs is 1. The van der Waals surface area contributed by atoms with Crippen molar-refractivity contribution in [2.45, 2.75) is 92.3 Å². The van der Waals surface area contributed by atoms with Crippen LogP contribution < -0.4 is 5.32 Å². The number of thioether (sulfide) groups is 2. The molecule has 2 saturated heterocycles. The van der Waals surface area contributed by atoms with Gasteiger partial charge in [-0.3, -0.25) is 19.5 Å². The Kier molecular flexibility index (Phi) is 14.3. The van der Waals surface area contributed by atoms with E-state index in [4.69, 9.17) is 14.2 Å². The number of carbonyl (C=O) groups excluding carboxylic acids is 2. The van der Waals surface area contributed by atoms with Gasteiger partial charge in [0.2, 0.25) is 5.91 Å². The summed E-state index contributed by atoms with van der Waals surface area (Å²) in [6.07, 6.45) is 4.56. The van der Waals surface area contributed by atoms with Gasteiger partial charge < -0.3 is 34.8 Å². The van der Waals surface area contributed by atoms with Crippen LogP contribution in [-0.2, 0) is 23.8 Å². The molecular formula is C35H49N3O8S2. The van der Waals surface area contributed by atoms with Crippen molar-refractivity contribution in [1.82, 2.24) is 15.2 Å². The summed E-state index contributed by atoms with van der Waals surface area (Å²) in [6, 6.07) is 10.4. The first-order valence-corrected chi connectivity index (χ1v) is 18.2. The lowest BCUT2D eigenvalue weighted by Crippen LogP contribution is -2.65. The minimum Gasteiger partial charge on any atom is -0.466 e. The average molecular weight is 704 g/mol. The number of likely N-dealkylation sites (tertiary alicyclic amines) is 1. The van der Waals surface area contributed by atoms with E-state index in [1.807, 2.05) is 54.3 Å². The molecule has 0 spiro atoms. The Bertz CT molecular complexity index is 1350. The average Bonchev–Trinajstić information content (AvgIpc) is 3.27. The molecule has 11 nitrogen and oxygen atoms in total. The highest BCUT2D eigenvalue weighted by Crippen LogP contribution is 2.36. The summed E-state index contributed by atoms with van der Waals surface area (Å²) >= 11 is 2.73. The zero-order chi connectivity index (χ0) is 33.5. The molecule has 3 aliphatic heterocycles. The fourth-order valence-corrected chi connectivity index (χ4v) is 8.34. The topological polar surface area (TPSA) is 151 Å².